The molecule has 3 N–H and O–H groups in total. The molecule has 0 spiro atoms. The molecule has 3 rings (SSSR count). The SMILES string of the molecule is Cc1ccc(-c2nn(C)cc2C(=O)NCc2ccc(CN)cc2F)o1. The van der Waals surface area contributed by atoms with Crippen molar-refractivity contribution in [3.05, 3.63) is 64.8 Å². The smallest absolute Gasteiger partial charge is 0.255 e. The zero-order chi connectivity index (χ0) is 18.0. The number of aromatic nitrogens is 2. The molecule has 3 aromatic rings. The molecular formula is C18H19FN4O2. The first-order valence-corrected chi connectivity index (χ1v) is 7.84. The van der Waals surface area contributed by atoms with Crippen LogP contribution in [0.4, 0.5) is 4.39 Å². The van der Waals surface area contributed by atoms with Gasteiger partial charge in [-0.2, -0.15) is 5.10 Å². The molecule has 2 aromatic heterocycles. The lowest BCUT2D eigenvalue weighted by atomic mass is 10.1. The number of nitrogens with one attached hydrogen (secondary N) is 1. The Balaban J connectivity index is 1.78. The molecule has 0 saturated carbocycles. The summed E-state index contributed by atoms with van der Waals surface area (Å²) in [6.45, 7) is 2.16. The molecule has 2 heterocycles. The normalized spacial score (nSPS) is 10.9. The van der Waals surface area contributed by atoms with E-state index in [2.05, 4.69) is 10.4 Å². The molecule has 1 amide bonds. The predicted molar refractivity (Wildman–Crippen MR) is 91.1 cm³/mol. The van der Waals surface area contributed by atoms with Crippen molar-refractivity contribution in [2.24, 2.45) is 12.8 Å². The highest BCUT2D eigenvalue weighted by molar-refractivity contribution is 5.99. The van der Waals surface area contributed by atoms with Crippen molar-refractivity contribution in [1.29, 1.82) is 0 Å². The van der Waals surface area contributed by atoms with Gasteiger partial charge in [0.05, 0.1) is 5.56 Å². The van der Waals surface area contributed by atoms with E-state index < -0.39 is 5.82 Å². The van der Waals surface area contributed by atoms with Gasteiger partial charge in [-0.1, -0.05) is 12.1 Å². The number of hydrogen-bond acceptors (Lipinski definition) is 4. The Hall–Kier alpha value is -2.93. The van der Waals surface area contributed by atoms with Gasteiger partial charge in [0.15, 0.2) is 5.76 Å². The number of amides is 1. The number of aryl methyl sites for hydroxylation is 2. The van der Waals surface area contributed by atoms with Gasteiger partial charge in [-0.3, -0.25) is 9.48 Å². The van der Waals surface area contributed by atoms with E-state index in [0.717, 1.165) is 5.76 Å². The van der Waals surface area contributed by atoms with Gasteiger partial charge in [0.25, 0.3) is 5.91 Å². The van der Waals surface area contributed by atoms with Crippen molar-refractivity contribution in [1.82, 2.24) is 15.1 Å². The number of furan rings is 1. The van der Waals surface area contributed by atoms with Crippen LogP contribution in [0.3, 0.4) is 0 Å². The molecule has 0 aliphatic rings. The molecule has 7 heteroatoms. The monoisotopic (exact) mass is 342 g/mol. The summed E-state index contributed by atoms with van der Waals surface area (Å²) in [5.41, 5.74) is 7.41. The van der Waals surface area contributed by atoms with Crippen LogP contribution < -0.4 is 11.1 Å². The maximum absolute atomic E-state index is 14.0. The average Bonchev–Trinajstić information content (AvgIpc) is 3.19. The molecule has 0 radical (unpaired) electrons. The average molecular weight is 342 g/mol. The summed E-state index contributed by atoms with van der Waals surface area (Å²) in [5, 5.41) is 7.00. The topological polar surface area (TPSA) is 86.1 Å². The van der Waals surface area contributed by atoms with Crippen molar-refractivity contribution in [2.45, 2.75) is 20.0 Å². The third kappa shape index (κ3) is 3.61. The highest BCUT2D eigenvalue weighted by Gasteiger charge is 2.19. The zero-order valence-corrected chi connectivity index (χ0v) is 14.0. The first-order chi connectivity index (χ1) is 12.0. The van der Waals surface area contributed by atoms with Gasteiger partial charge in [0.2, 0.25) is 0 Å². The lowest BCUT2D eigenvalue weighted by molar-refractivity contribution is 0.0951. The quantitative estimate of drug-likeness (QED) is 0.746. The predicted octanol–water partition coefficient (Wildman–Crippen LogP) is 2.52. The Bertz CT molecular complexity index is 914. The Morgan fingerprint density at radius 3 is 2.80 bits per heavy atom. The minimum Gasteiger partial charge on any atom is -0.460 e. The molecule has 0 atom stereocenters. The van der Waals surface area contributed by atoms with Crippen LogP contribution >= 0.6 is 0 Å². The number of rotatable bonds is 5. The maximum atomic E-state index is 14.0. The van der Waals surface area contributed by atoms with E-state index in [1.165, 1.54) is 6.07 Å². The summed E-state index contributed by atoms with van der Waals surface area (Å²) in [6.07, 6.45) is 1.61. The summed E-state index contributed by atoms with van der Waals surface area (Å²) >= 11 is 0. The number of halogens is 1. The van der Waals surface area contributed by atoms with Crippen LogP contribution in [0.1, 0.15) is 27.2 Å². The van der Waals surface area contributed by atoms with Crippen LogP contribution in [0.2, 0.25) is 0 Å². The first-order valence-electron chi connectivity index (χ1n) is 7.84. The van der Waals surface area contributed by atoms with E-state index in [9.17, 15) is 9.18 Å². The molecule has 0 aliphatic heterocycles. The fraction of sp³-hybridized carbons (Fsp3) is 0.222. The third-order valence-electron chi connectivity index (χ3n) is 3.84. The molecular weight excluding hydrogens is 323 g/mol. The Labute approximate surface area is 144 Å². The van der Waals surface area contributed by atoms with Crippen molar-refractivity contribution >= 4 is 5.91 Å². The van der Waals surface area contributed by atoms with Crippen molar-refractivity contribution in [3.63, 3.8) is 0 Å². The van der Waals surface area contributed by atoms with E-state index in [1.807, 2.05) is 6.92 Å². The van der Waals surface area contributed by atoms with Gasteiger partial charge in [-0.25, -0.2) is 4.39 Å². The Kier molecular flexibility index (Phi) is 4.67. The maximum Gasteiger partial charge on any atom is 0.255 e. The second-order valence-electron chi connectivity index (χ2n) is 5.79. The Morgan fingerprint density at radius 1 is 1.36 bits per heavy atom. The van der Waals surface area contributed by atoms with Crippen molar-refractivity contribution < 1.29 is 13.6 Å². The number of nitrogens with two attached hydrogens (primary N) is 1. The molecule has 0 unspecified atom stereocenters. The molecule has 130 valence electrons. The van der Waals surface area contributed by atoms with Gasteiger partial charge in [-0.15, -0.1) is 0 Å². The largest absolute Gasteiger partial charge is 0.460 e. The van der Waals surface area contributed by atoms with Gasteiger partial charge >= 0.3 is 0 Å². The summed E-state index contributed by atoms with van der Waals surface area (Å²) in [7, 11) is 1.72. The minimum absolute atomic E-state index is 0.0705. The van der Waals surface area contributed by atoms with Gasteiger partial charge < -0.3 is 15.5 Å². The van der Waals surface area contributed by atoms with Crippen LogP contribution in [-0.4, -0.2) is 15.7 Å². The molecule has 0 aliphatic carbocycles. The van der Waals surface area contributed by atoms with Crippen molar-refractivity contribution in [3.8, 4) is 11.5 Å². The van der Waals surface area contributed by atoms with Crippen LogP contribution in [-0.2, 0) is 20.1 Å². The number of hydrogen-bond donors (Lipinski definition) is 2. The number of nitrogens with zero attached hydrogens (tertiary/aromatic N) is 2. The van der Waals surface area contributed by atoms with E-state index in [-0.39, 0.29) is 19.0 Å². The second-order valence-corrected chi connectivity index (χ2v) is 5.79. The van der Waals surface area contributed by atoms with Crippen LogP contribution in [0, 0.1) is 12.7 Å². The third-order valence-corrected chi connectivity index (χ3v) is 3.84. The highest BCUT2D eigenvalue weighted by Crippen LogP contribution is 2.24. The fourth-order valence-electron chi connectivity index (χ4n) is 2.53. The fourth-order valence-corrected chi connectivity index (χ4v) is 2.53. The summed E-state index contributed by atoms with van der Waals surface area (Å²) in [4.78, 5) is 12.5. The lowest BCUT2D eigenvalue weighted by Crippen LogP contribution is -2.23. The van der Waals surface area contributed by atoms with Crippen LogP contribution in [0.15, 0.2) is 40.9 Å². The van der Waals surface area contributed by atoms with E-state index in [1.54, 1.807) is 42.2 Å². The van der Waals surface area contributed by atoms with Gasteiger partial charge in [-0.05, 0) is 30.7 Å². The minimum atomic E-state index is -0.392. The van der Waals surface area contributed by atoms with Crippen molar-refractivity contribution in [2.75, 3.05) is 0 Å². The number of carbonyl (C=O) groups excluding carboxylic acids is 1. The lowest BCUT2D eigenvalue weighted by Gasteiger charge is -2.07. The summed E-state index contributed by atoms with van der Waals surface area (Å²) in [5.74, 6) is 0.506. The standard InChI is InChI=1S/C18H19FN4O2/c1-11-3-6-16(25-11)17-14(10-23(2)22-17)18(24)21-9-13-5-4-12(8-20)7-15(13)19/h3-7,10H,8-9,20H2,1-2H3,(H,21,24). The highest BCUT2D eigenvalue weighted by atomic mass is 19.1. The van der Waals surface area contributed by atoms with E-state index >= 15 is 0 Å². The molecule has 25 heavy (non-hydrogen) atoms. The molecule has 0 fully saturated rings. The summed E-state index contributed by atoms with van der Waals surface area (Å²) in [6, 6.07) is 8.31. The number of benzene rings is 1. The van der Waals surface area contributed by atoms with Gasteiger partial charge in [0.1, 0.15) is 17.3 Å². The molecule has 0 saturated heterocycles. The molecule has 1 aromatic carbocycles. The first kappa shape index (κ1) is 16.9. The zero-order valence-electron chi connectivity index (χ0n) is 14.0. The second kappa shape index (κ2) is 6.90. The molecule has 6 nitrogen and oxygen atoms in total. The van der Waals surface area contributed by atoms with E-state index in [4.69, 9.17) is 10.2 Å². The van der Waals surface area contributed by atoms with Gasteiger partial charge in [0, 0.05) is 31.9 Å². The van der Waals surface area contributed by atoms with Crippen LogP contribution in [0.25, 0.3) is 11.5 Å². The molecule has 0 bridgehead atoms. The number of carbonyl (C=O) groups is 1. The Morgan fingerprint density at radius 2 is 2.16 bits per heavy atom. The van der Waals surface area contributed by atoms with E-state index in [0.29, 0.717) is 28.1 Å². The van der Waals surface area contributed by atoms with Crippen LogP contribution in [0.5, 0.6) is 0 Å². The summed E-state index contributed by atoms with van der Waals surface area (Å²) < 4.78 is 21.1.